The van der Waals surface area contributed by atoms with Gasteiger partial charge in [0.25, 0.3) is 0 Å². The van der Waals surface area contributed by atoms with Crippen LogP contribution in [0.5, 0.6) is 5.75 Å². The molecule has 0 radical (unpaired) electrons. The third-order valence-corrected chi connectivity index (χ3v) is 6.52. The van der Waals surface area contributed by atoms with Gasteiger partial charge in [-0.2, -0.15) is 0 Å². The predicted octanol–water partition coefficient (Wildman–Crippen LogP) is 3.05. The molecule has 3 N–H and O–H groups in total. The molecule has 9 nitrogen and oxygen atoms in total. The van der Waals surface area contributed by atoms with Gasteiger partial charge in [0, 0.05) is 18.7 Å². The number of methoxy groups -OCH3 is 1. The molecule has 0 bridgehead atoms. The summed E-state index contributed by atoms with van der Waals surface area (Å²) in [6.45, 7) is 8.93. The number of carboxylic acids is 1. The van der Waals surface area contributed by atoms with E-state index < -0.39 is 30.4 Å². The van der Waals surface area contributed by atoms with Crippen molar-refractivity contribution >= 4 is 23.6 Å². The molecule has 0 saturated carbocycles. The molecule has 1 aliphatic heterocycles. The number of amides is 2. The predicted molar refractivity (Wildman–Crippen MR) is 150 cm³/mol. The largest absolute Gasteiger partial charge is 0.496 e. The Labute approximate surface area is 230 Å². The van der Waals surface area contributed by atoms with Crippen LogP contribution >= 0.6 is 0 Å². The van der Waals surface area contributed by atoms with Gasteiger partial charge in [0.05, 0.1) is 32.5 Å². The number of ketones is 1. The highest BCUT2D eigenvalue weighted by Gasteiger charge is 2.29. The van der Waals surface area contributed by atoms with Crippen LogP contribution in [0.2, 0.25) is 0 Å². The van der Waals surface area contributed by atoms with Crippen LogP contribution in [0.15, 0.2) is 42.5 Å². The van der Waals surface area contributed by atoms with Crippen molar-refractivity contribution in [2.24, 2.45) is 0 Å². The lowest BCUT2D eigenvalue weighted by atomic mass is 9.99. The second kappa shape index (κ2) is 15.6. The molecular formula is C30H41N3O6. The second-order valence-corrected chi connectivity index (χ2v) is 9.38. The van der Waals surface area contributed by atoms with Gasteiger partial charge in [-0.05, 0) is 37.0 Å². The number of carbonyl (C=O) groups excluding carboxylic acids is 3. The van der Waals surface area contributed by atoms with Crippen molar-refractivity contribution in [3.05, 3.63) is 64.7 Å². The second-order valence-electron chi connectivity index (χ2n) is 9.38. The lowest BCUT2D eigenvalue weighted by Crippen LogP contribution is -2.53. The van der Waals surface area contributed by atoms with E-state index in [0.717, 1.165) is 17.5 Å². The molecule has 2 unspecified atom stereocenters. The summed E-state index contributed by atoms with van der Waals surface area (Å²) in [4.78, 5) is 52.2. The molecule has 0 fully saturated rings. The fourth-order valence-electron chi connectivity index (χ4n) is 4.53. The Kier molecular flexibility index (Phi) is 12.6. The number of aryl methyl sites for hydroxylation is 1. The van der Waals surface area contributed by atoms with Gasteiger partial charge in [-0.1, -0.05) is 62.7 Å². The van der Waals surface area contributed by atoms with Gasteiger partial charge in [-0.25, -0.2) is 0 Å². The van der Waals surface area contributed by atoms with E-state index in [2.05, 4.69) is 16.7 Å². The number of carboxylic acid groups (broad SMARTS) is 1. The van der Waals surface area contributed by atoms with Crippen molar-refractivity contribution < 1.29 is 29.0 Å². The first-order valence-corrected chi connectivity index (χ1v) is 13.5. The molecule has 0 spiro atoms. The molecule has 1 aliphatic rings. The fourth-order valence-corrected chi connectivity index (χ4v) is 4.53. The number of benzene rings is 2. The van der Waals surface area contributed by atoms with E-state index in [1.165, 1.54) is 12.7 Å². The maximum absolute atomic E-state index is 13.1. The van der Waals surface area contributed by atoms with Crippen molar-refractivity contribution in [1.29, 1.82) is 0 Å². The van der Waals surface area contributed by atoms with Crippen LogP contribution in [0, 0.1) is 6.92 Å². The maximum Gasteiger partial charge on any atom is 0.305 e. The van der Waals surface area contributed by atoms with Crippen LogP contribution in [-0.4, -0.2) is 65.9 Å². The van der Waals surface area contributed by atoms with Crippen molar-refractivity contribution in [3.63, 3.8) is 0 Å². The zero-order valence-electron chi connectivity index (χ0n) is 23.6. The highest BCUT2D eigenvalue weighted by Crippen LogP contribution is 2.20. The van der Waals surface area contributed by atoms with Crippen LogP contribution in [0.1, 0.15) is 55.9 Å². The van der Waals surface area contributed by atoms with E-state index in [9.17, 15) is 24.3 Å². The summed E-state index contributed by atoms with van der Waals surface area (Å²) in [6, 6.07) is 11.4. The number of nitrogens with one attached hydrogen (secondary N) is 2. The standard InChI is InChI=1S/C28H35N3O6.C2H6/c1-4-22(29-26(33)14-21-13-18(2)9-10-25(21)37-3)28(36)30-23(15-27(34)35)24(32)17-31-12-11-19-7-5-6-8-20(19)16-31;1-2/h5-10,13,22-23H,4,11-12,14-17H2,1-3H3,(H,29,33)(H,30,36)(H,34,35);1-2H3. The summed E-state index contributed by atoms with van der Waals surface area (Å²) in [6.07, 6.45) is 0.566. The van der Waals surface area contributed by atoms with Crippen LogP contribution in [0.3, 0.4) is 0 Å². The number of hydrogen-bond donors (Lipinski definition) is 3. The van der Waals surface area contributed by atoms with Crippen molar-refractivity contribution in [2.45, 2.75) is 72.0 Å². The van der Waals surface area contributed by atoms with Crippen LogP contribution in [0.25, 0.3) is 0 Å². The number of Topliss-reactive ketones (excluding diaryl/α,β-unsaturated/α-hetero) is 1. The van der Waals surface area contributed by atoms with E-state index in [1.54, 1.807) is 13.0 Å². The minimum Gasteiger partial charge on any atom is -0.496 e. The minimum atomic E-state index is -1.19. The van der Waals surface area contributed by atoms with Gasteiger partial charge >= 0.3 is 5.97 Å². The smallest absolute Gasteiger partial charge is 0.305 e. The highest BCUT2D eigenvalue weighted by molar-refractivity contribution is 5.95. The van der Waals surface area contributed by atoms with Gasteiger partial charge in [0.15, 0.2) is 5.78 Å². The van der Waals surface area contributed by atoms with E-state index in [0.29, 0.717) is 24.4 Å². The number of hydrogen-bond acceptors (Lipinski definition) is 6. The van der Waals surface area contributed by atoms with Gasteiger partial charge in [-0.3, -0.25) is 24.1 Å². The first kappa shape index (κ1) is 31.5. The van der Waals surface area contributed by atoms with Crippen LogP contribution in [-0.2, 0) is 38.6 Å². The molecule has 0 aromatic heterocycles. The molecule has 2 amide bonds. The lowest BCUT2D eigenvalue weighted by Gasteiger charge is -2.29. The fraction of sp³-hybridized carbons (Fsp3) is 0.467. The first-order chi connectivity index (χ1) is 18.7. The van der Waals surface area contributed by atoms with Gasteiger partial charge in [0.1, 0.15) is 11.8 Å². The highest BCUT2D eigenvalue weighted by atomic mass is 16.5. The molecule has 39 heavy (non-hydrogen) atoms. The van der Waals surface area contributed by atoms with Crippen molar-refractivity contribution in [2.75, 3.05) is 20.2 Å². The number of rotatable bonds is 12. The number of carbonyl (C=O) groups is 4. The summed E-state index contributed by atoms with van der Waals surface area (Å²) in [5.74, 6) is -1.95. The van der Waals surface area contributed by atoms with E-state index >= 15 is 0 Å². The Morgan fingerprint density at radius 1 is 1.03 bits per heavy atom. The maximum atomic E-state index is 13.1. The summed E-state index contributed by atoms with van der Waals surface area (Å²) in [5, 5.41) is 14.6. The molecule has 0 aliphatic carbocycles. The van der Waals surface area contributed by atoms with Crippen LogP contribution in [0.4, 0.5) is 0 Å². The zero-order valence-corrected chi connectivity index (χ0v) is 23.6. The monoisotopic (exact) mass is 539 g/mol. The summed E-state index contributed by atoms with van der Waals surface area (Å²) < 4.78 is 5.32. The molecule has 212 valence electrons. The topological polar surface area (TPSA) is 125 Å². The van der Waals surface area contributed by atoms with Gasteiger partial charge < -0.3 is 20.5 Å². The Balaban J connectivity index is 0.00000260. The van der Waals surface area contributed by atoms with Gasteiger partial charge in [0.2, 0.25) is 11.8 Å². The molecule has 1 heterocycles. The molecule has 2 atom stereocenters. The average molecular weight is 540 g/mol. The van der Waals surface area contributed by atoms with Gasteiger partial charge in [-0.15, -0.1) is 0 Å². The summed E-state index contributed by atoms with van der Waals surface area (Å²) in [7, 11) is 1.52. The number of fused-ring (bicyclic) bond motifs is 1. The number of ether oxygens (including phenoxy) is 1. The van der Waals surface area contributed by atoms with E-state index in [4.69, 9.17) is 4.74 Å². The Bertz CT molecular complexity index is 1150. The summed E-state index contributed by atoms with van der Waals surface area (Å²) >= 11 is 0. The molecule has 9 heteroatoms. The summed E-state index contributed by atoms with van der Waals surface area (Å²) in [5.41, 5.74) is 4.05. The van der Waals surface area contributed by atoms with Crippen LogP contribution < -0.4 is 15.4 Å². The molecule has 2 aromatic carbocycles. The molecule has 2 aromatic rings. The molecule has 3 rings (SSSR count). The van der Waals surface area contributed by atoms with Crippen molar-refractivity contribution in [3.8, 4) is 5.75 Å². The zero-order chi connectivity index (χ0) is 28.9. The Morgan fingerprint density at radius 3 is 2.36 bits per heavy atom. The minimum absolute atomic E-state index is 0.0164. The van der Waals surface area contributed by atoms with Crippen molar-refractivity contribution in [1.82, 2.24) is 15.5 Å². The Hall–Kier alpha value is -3.72. The SMILES string of the molecule is CC.CCC(NC(=O)Cc1cc(C)ccc1OC)C(=O)NC(CC(=O)O)C(=O)CN1CCc2ccccc2C1. The normalized spacial score (nSPS) is 14.1. The number of aliphatic carboxylic acids is 1. The Morgan fingerprint density at radius 2 is 1.72 bits per heavy atom. The van der Waals surface area contributed by atoms with E-state index in [1.807, 2.05) is 56.0 Å². The molecule has 0 saturated heterocycles. The third kappa shape index (κ3) is 9.51. The number of nitrogens with zero attached hydrogens (tertiary/aromatic N) is 1. The quantitative estimate of drug-likeness (QED) is 0.379. The van der Waals surface area contributed by atoms with E-state index in [-0.39, 0.29) is 31.1 Å². The first-order valence-electron chi connectivity index (χ1n) is 13.5. The third-order valence-electron chi connectivity index (χ3n) is 6.52. The average Bonchev–Trinajstić information content (AvgIpc) is 2.92. The molecular weight excluding hydrogens is 498 g/mol. The lowest BCUT2D eigenvalue weighted by molar-refractivity contribution is -0.141.